The fourth-order valence-corrected chi connectivity index (χ4v) is 3.46. The lowest BCUT2D eigenvalue weighted by atomic mass is 10.1. The number of hydrogen-bond donors (Lipinski definition) is 2. The zero-order chi connectivity index (χ0) is 20.7. The summed E-state index contributed by atoms with van der Waals surface area (Å²) in [4.78, 5) is 28.4. The molecule has 1 unspecified atom stereocenters. The minimum absolute atomic E-state index is 0.0233. The number of imidazole rings is 1. The Morgan fingerprint density at radius 2 is 2.21 bits per heavy atom. The fraction of sp³-hybridized carbons (Fsp3) is 0.389. The normalized spacial score (nSPS) is 18.0. The van der Waals surface area contributed by atoms with E-state index in [0.29, 0.717) is 36.0 Å². The zero-order valence-corrected chi connectivity index (χ0v) is 15.5. The summed E-state index contributed by atoms with van der Waals surface area (Å²) in [6.07, 6.45) is -2.05. The van der Waals surface area contributed by atoms with Crippen LogP contribution < -0.4 is 20.7 Å². The minimum Gasteiger partial charge on any atom is -0.491 e. The molecule has 1 saturated heterocycles. The molecule has 2 aromatic rings. The van der Waals surface area contributed by atoms with Gasteiger partial charge in [0.05, 0.1) is 18.7 Å². The number of anilines is 2. The molecule has 0 saturated carbocycles. The van der Waals surface area contributed by atoms with E-state index in [1.165, 1.54) is 0 Å². The van der Waals surface area contributed by atoms with Crippen molar-refractivity contribution in [1.82, 2.24) is 9.55 Å². The van der Waals surface area contributed by atoms with Crippen LogP contribution in [-0.4, -0.2) is 53.8 Å². The summed E-state index contributed by atoms with van der Waals surface area (Å²) in [5.74, 6) is 0.662. The maximum absolute atomic E-state index is 13.3. The van der Waals surface area contributed by atoms with Crippen LogP contribution >= 0.6 is 0 Å². The van der Waals surface area contributed by atoms with Gasteiger partial charge in [0.1, 0.15) is 30.8 Å². The highest BCUT2D eigenvalue weighted by molar-refractivity contribution is 5.90. The van der Waals surface area contributed by atoms with Crippen LogP contribution in [0.1, 0.15) is 5.56 Å². The van der Waals surface area contributed by atoms with Gasteiger partial charge in [0, 0.05) is 17.4 Å². The number of nitrogens with two attached hydrogens (primary N) is 1. The predicted octanol–water partition coefficient (Wildman–Crippen LogP) is 1.74. The third kappa shape index (κ3) is 3.32. The molecule has 0 spiro atoms. The molecule has 3 heterocycles. The van der Waals surface area contributed by atoms with E-state index in [9.17, 15) is 18.4 Å². The molecular weight excluding hydrogens is 388 g/mol. The van der Waals surface area contributed by atoms with Crippen molar-refractivity contribution in [2.75, 3.05) is 30.0 Å². The van der Waals surface area contributed by atoms with Crippen LogP contribution in [0.3, 0.4) is 0 Å². The van der Waals surface area contributed by atoms with Crippen molar-refractivity contribution in [3.8, 4) is 17.1 Å². The number of nitrogens with zero attached hydrogens (tertiary/aromatic N) is 3. The first-order chi connectivity index (χ1) is 13.9. The molecule has 1 fully saturated rings. The van der Waals surface area contributed by atoms with Crippen molar-refractivity contribution < 1.29 is 27.8 Å². The molecule has 1 aromatic carbocycles. The number of halogens is 2. The molecule has 154 valence electrons. The molecule has 1 atom stereocenters. The number of nitrogens with one attached hydrogen (secondary N) is 1. The molecule has 2 amide bonds. The summed E-state index contributed by atoms with van der Waals surface area (Å²) in [5, 5.41) is 2.95. The molecule has 3 N–H and O–H groups in total. The van der Waals surface area contributed by atoms with Gasteiger partial charge in [-0.3, -0.25) is 4.79 Å². The van der Waals surface area contributed by atoms with Gasteiger partial charge in [0.25, 0.3) is 6.43 Å². The van der Waals surface area contributed by atoms with E-state index in [0.717, 1.165) is 10.5 Å². The molecule has 0 radical (unpaired) electrons. The van der Waals surface area contributed by atoms with Gasteiger partial charge in [-0.05, 0) is 19.1 Å². The number of carbonyl (C=O) groups excluding carboxylic acids is 2. The number of ether oxygens (including phenoxy) is 2. The first kappa shape index (κ1) is 19.0. The average Bonchev–Trinajstić information content (AvgIpc) is 3.20. The first-order valence-corrected chi connectivity index (χ1v) is 8.97. The number of cyclic esters (lactones) is 1. The lowest BCUT2D eigenvalue weighted by Gasteiger charge is -2.18. The second kappa shape index (κ2) is 7.22. The van der Waals surface area contributed by atoms with E-state index in [4.69, 9.17) is 15.2 Å². The van der Waals surface area contributed by atoms with Crippen molar-refractivity contribution in [3.63, 3.8) is 0 Å². The molecule has 11 heteroatoms. The quantitative estimate of drug-likeness (QED) is 0.781. The number of amides is 2. The monoisotopic (exact) mass is 407 g/mol. The number of benzene rings is 1. The van der Waals surface area contributed by atoms with Gasteiger partial charge in [0.15, 0.2) is 5.82 Å². The van der Waals surface area contributed by atoms with Gasteiger partial charge >= 0.3 is 6.09 Å². The van der Waals surface area contributed by atoms with Crippen LogP contribution in [0.25, 0.3) is 11.4 Å². The highest BCUT2D eigenvalue weighted by atomic mass is 19.3. The highest BCUT2D eigenvalue weighted by Gasteiger charge is 2.42. The molecule has 0 aliphatic carbocycles. The van der Waals surface area contributed by atoms with Crippen molar-refractivity contribution in [3.05, 3.63) is 23.9 Å². The van der Waals surface area contributed by atoms with E-state index in [1.54, 1.807) is 22.9 Å². The summed E-state index contributed by atoms with van der Waals surface area (Å²) < 4.78 is 39.0. The van der Waals surface area contributed by atoms with Gasteiger partial charge in [-0.2, -0.15) is 0 Å². The van der Waals surface area contributed by atoms with Gasteiger partial charge in [0.2, 0.25) is 5.91 Å². The van der Waals surface area contributed by atoms with Gasteiger partial charge in [-0.1, -0.05) is 0 Å². The molecule has 4 rings (SSSR count). The number of primary amides is 1. The topological polar surface area (TPSA) is 112 Å². The maximum atomic E-state index is 13.3. The third-order valence-electron chi connectivity index (χ3n) is 4.89. The fourth-order valence-electron chi connectivity index (χ4n) is 3.46. The Morgan fingerprint density at radius 3 is 2.93 bits per heavy atom. The second-order valence-corrected chi connectivity index (χ2v) is 6.75. The molecule has 29 heavy (non-hydrogen) atoms. The van der Waals surface area contributed by atoms with Crippen LogP contribution in [0.4, 0.5) is 25.1 Å². The van der Waals surface area contributed by atoms with Crippen LogP contribution in [0.5, 0.6) is 5.75 Å². The molecule has 0 bridgehead atoms. The minimum atomic E-state index is -2.75. The number of aromatic nitrogens is 2. The van der Waals surface area contributed by atoms with E-state index < -0.39 is 24.5 Å². The number of rotatable bonds is 5. The Bertz CT molecular complexity index is 977. The second-order valence-electron chi connectivity index (χ2n) is 6.75. The van der Waals surface area contributed by atoms with Crippen LogP contribution in [0.2, 0.25) is 0 Å². The van der Waals surface area contributed by atoms with Crippen molar-refractivity contribution in [2.45, 2.75) is 25.9 Å². The summed E-state index contributed by atoms with van der Waals surface area (Å²) in [6, 6.07) is 2.14. The molecular formula is C18H19F2N5O4. The lowest BCUT2D eigenvalue weighted by molar-refractivity contribution is -0.116. The highest BCUT2D eigenvalue weighted by Crippen LogP contribution is 2.39. The van der Waals surface area contributed by atoms with Crippen molar-refractivity contribution in [2.24, 2.45) is 5.73 Å². The molecule has 1 aromatic heterocycles. The van der Waals surface area contributed by atoms with Crippen LogP contribution in [-0.2, 0) is 16.1 Å². The number of carbonyl (C=O) groups is 2. The van der Waals surface area contributed by atoms with Gasteiger partial charge < -0.3 is 25.1 Å². The summed E-state index contributed by atoms with van der Waals surface area (Å²) >= 11 is 0. The zero-order valence-electron chi connectivity index (χ0n) is 15.5. The average molecular weight is 407 g/mol. The Kier molecular flexibility index (Phi) is 4.73. The molecule has 9 nitrogen and oxygen atoms in total. The number of alkyl halides is 2. The van der Waals surface area contributed by atoms with E-state index in [1.807, 2.05) is 6.92 Å². The van der Waals surface area contributed by atoms with E-state index in [2.05, 4.69) is 10.3 Å². The summed E-state index contributed by atoms with van der Waals surface area (Å²) in [5.41, 5.74) is 7.27. The lowest BCUT2D eigenvalue weighted by Crippen LogP contribution is -2.38. The summed E-state index contributed by atoms with van der Waals surface area (Å²) in [6.45, 7) is 2.16. The van der Waals surface area contributed by atoms with Gasteiger partial charge in [-0.25, -0.2) is 23.5 Å². The number of fused-ring (bicyclic) bond motifs is 3. The number of hydrogen-bond acceptors (Lipinski definition) is 6. The largest absolute Gasteiger partial charge is 0.491 e. The maximum Gasteiger partial charge on any atom is 0.416 e. The summed E-state index contributed by atoms with van der Waals surface area (Å²) in [7, 11) is 0. The van der Waals surface area contributed by atoms with E-state index >= 15 is 0 Å². The Morgan fingerprint density at radius 1 is 1.41 bits per heavy atom. The third-order valence-corrected chi connectivity index (χ3v) is 4.89. The Labute approximate surface area is 164 Å². The SMILES string of the molecule is Cc1c(NCC(N)=O)ccc2c1OCCn1cc(N3C(=O)OCC3C(F)F)nc1-2. The molecule has 2 aliphatic rings. The standard InChI is InChI=1S/C18H19F2N5O4/c1-9-11(22-6-13(21)26)3-2-10-15(9)28-5-4-24-7-14(23-17(10)24)25-12(16(19)20)8-29-18(25)27/h2-3,7,12,16,22H,4-6,8H2,1H3,(H2,21,26). The van der Waals surface area contributed by atoms with Gasteiger partial charge in [-0.15, -0.1) is 0 Å². The Balaban J connectivity index is 1.73. The van der Waals surface area contributed by atoms with Crippen molar-refractivity contribution >= 4 is 23.5 Å². The smallest absolute Gasteiger partial charge is 0.416 e. The van der Waals surface area contributed by atoms with Crippen LogP contribution in [0, 0.1) is 6.92 Å². The Hall–Kier alpha value is -3.37. The predicted molar refractivity (Wildman–Crippen MR) is 99.2 cm³/mol. The molecule has 2 aliphatic heterocycles. The van der Waals surface area contributed by atoms with Crippen LogP contribution in [0.15, 0.2) is 18.3 Å². The first-order valence-electron chi connectivity index (χ1n) is 8.97. The van der Waals surface area contributed by atoms with Crippen molar-refractivity contribution in [1.29, 1.82) is 0 Å². The van der Waals surface area contributed by atoms with E-state index in [-0.39, 0.29) is 19.0 Å².